The molecule has 0 radical (unpaired) electrons. The van der Waals surface area contributed by atoms with Crippen molar-refractivity contribution in [1.29, 1.82) is 0 Å². The van der Waals surface area contributed by atoms with Gasteiger partial charge in [0.1, 0.15) is 5.82 Å². The molecule has 0 atom stereocenters. The van der Waals surface area contributed by atoms with Gasteiger partial charge < -0.3 is 4.98 Å². The van der Waals surface area contributed by atoms with Crippen molar-refractivity contribution in [3.63, 3.8) is 0 Å². The third-order valence-corrected chi connectivity index (χ3v) is 5.86. The van der Waals surface area contributed by atoms with Crippen LogP contribution in [0, 0.1) is 0 Å². The highest BCUT2D eigenvalue weighted by Gasteiger charge is 2.23. The zero-order chi connectivity index (χ0) is 15.6. The highest BCUT2D eigenvalue weighted by atomic mass is 32.1. The molecule has 5 heteroatoms. The number of fused-ring (bicyclic) bond motifs is 1. The number of nitrogens with zero attached hydrogens (tertiary/aromatic N) is 3. The van der Waals surface area contributed by atoms with Crippen molar-refractivity contribution < 1.29 is 0 Å². The highest BCUT2D eigenvalue weighted by Crippen LogP contribution is 2.33. The molecular weight excluding hydrogens is 304 g/mol. The van der Waals surface area contributed by atoms with Crippen LogP contribution in [0.25, 0.3) is 10.2 Å². The van der Waals surface area contributed by atoms with E-state index in [0.29, 0.717) is 5.92 Å². The number of hydrogen-bond acceptors (Lipinski definition) is 4. The number of H-pyrrole nitrogens is 1. The Bertz CT molecular complexity index is 750. The summed E-state index contributed by atoms with van der Waals surface area (Å²) in [6.45, 7) is 5.40. The second kappa shape index (κ2) is 6.42. The molecular formula is C18H22N4S. The number of para-hydroxylation sites is 1. The van der Waals surface area contributed by atoms with Crippen LogP contribution in [0.4, 0.5) is 0 Å². The van der Waals surface area contributed by atoms with Crippen molar-refractivity contribution in [3.05, 3.63) is 47.0 Å². The summed E-state index contributed by atoms with van der Waals surface area (Å²) >= 11 is 1.87. The number of nitrogens with one attached hydrogen (secondary N) is 1. The Hall–Kier alpha value is -1.72. The van der Waals surface area contributed by atoms with E-state index < -0.39 is 0 Å². The maximum Gasteiger partial charge on any atom is 0.105 e. The van der Waals surface area contributed by atoms with E-state index in [9.17, 15) is 0 Å². The third-order valence-electron chi connectivity index (χ3n) is 4.66. The van der Waals surface area contributed by atoms with E-state index in [4.69, 9.17) is 4.98 Å². The van der Waals surface area contributed by atoms with Crippen LogP contribution in [0.2, 0.25) is 0 Å². The minimum atomic E-state index is 0.622. The Labute approximate surface area is 140 Å². The SMILES string of the molecule is CCc1ncc(CN2CCC(c3nc4ccccc4s3)CC2)[nH]1. The Morgan fingerprint density at radius 2 is 2.09 bits per heavy atom. The van der Waals surface area contributed by atoms with Crippen LogP contribution in [-0.4, -0.2) is 32.9 Å². The van der Waals surface area contributed by atoms with Gasteiger partial charge in [-0.05, 0) is 38.1 Å². The fourth-order valence-corrected chi connectivity index (χ4v) is 4.45. The van der Waals surface area contributed by atoms with Crippen LogP contribution in [0.15, 0.2) is 30.5 Å². The van der Waals surface area contributed by atoms with Crippen molar-refractivity contribution >= 4 is 21.6 Å². The van der Waals surface area contributed by atoms with E-state index >= 15 is 0 Å². The Kier molecular flexibility index (Phi) is 4.14. The molecule has 120 valence electrons. The van der Waals surface area contributed by atoms with Crippen LogP contribution in [0.5, 0.6) is 0 Å². The number of likely N-dealkylation sites (tertiary alicyclic amines) is 1. The molecule has 0 amide bonds. The van der Waals surface area contributed by atoms with Gasteiger partial charge >= 0.3 is 0 Å². The largest absolute Gasteiger partial charge is 0.345 e. The zero-order valence-electron chi connectivity index (χ0n) is 13.5. The number of piperidine rings is 1. The molecule has 1 aromatic carbocycles. The predicted molar refractivity (Wildman–Crippen MR) is 94.8 cm³/mol. The summed E-state index contributed by atoms with van der Waals surface area (Å²) in [5, 5.41) is 1.32. The lowest BCUT2D eigenvalue weighted by atomic mass is 9.97. The minimum absolute atomic E-state index is 0.622. The summed E-state index contributed by atoms with van der Waals surface area (Å²) in [4.78, 5) is 15.2. The van der Waals surface area contributed by atoms with Gasteiger partial charge in [-0.1, -0.05) is 19.1 Å². The molecule has 2 aromatic heterocycles. The number of aromatic nitrogens is 3. The number of thiazole rings is 1. The van der Waals surface area contributed by atoms with Crippen LogP contribution in [0.3, 0.4) is 0 Å². The quantitative estimate of drug-likeness (QED) is 0.789. The molecule has 0 unspecified atom stereocenters. The van der Waals surface area contributed by atoms with Crippen LogP contribution >= 0.6 is 11.3 Å². The fourth-order valence-electron chi connectivity index (χ4n) is 3.31. The normalized spacial score (nSPS) is 17.1. The second-order valence-corrected chi connectivity index (χ2v) is 7.34. The summed E-state index contributed by atoms with van der Waals surface area (Å²) in [6.07, 6.45) is 5.36. The Morgan fingerprint density at radius 1 is 1.26 bits per heavy atom. The van der Waals surface area contributed by atoms with Crippen molar-refractivity contribution in [2.75, 3.05) is 13.1 Å². The first kappa shape index (κ1) is 14.8. The number of imidazole rings is 1. The average molecular weight is 326 g/mol. The van der Waals surface area contributed by atoms with E-state index in [1.54, 1.807) is 0 Å². The van der Waals surface area contributed by atoms with E-state index in [2.05, 4.69) is 46.1 Å². The van der Waals surface area contributed by atoms with Gasteiger partial charge in [0.25, 0.3) is 0 Å². The predicted octanol–water partition coefficient (Wildman–Crippen LogP) is 3.96. The van der Waals surface area contributed by atoms with E-state index in [1.165, 1.54) is 28.2 Å². The molecule has 1 N–H and O–H groups in total. The van der Waals surface area contributed by atoms with Crippen LogP contribution < -0.4 is 0 Å². The lowest BCUT2D eigenvalue weighted by Gasteiger charge is -2.30. The van der Waals surface area contributed by atoms with Gasteiger partial charge in [0, 0.05) is 30.8 Å². The number of aromatic amines is 1. The van der Waals surface area contributed by atoms with Gasteiger partial charge in [0.15, 0.2) is 0 Å². The summed E-state index contributed by atoms with van der Waals surface area (Å²) in [7, 11) is 0. The minimum Gasteiger partial charge on any atom is -0.345 e. The Morgan fingerprint density at radius 3 is 2.83 bits per heavy atom. The first-order chi connectivity index (χ1) is 11.3. The lowest BCUT2D eigenvalue weighted by Crippen LogP contribution is -2.32. The Balaban J connectivity index is 1.38. The van der Waals surface area contributed by atoms with E-state index in [0.717, 1.165) is 37.4 Å². The van der Waals surface area contributed by atoms with E-state index in [1.807, 2.05) is 17.5 Å². The third kappa shape index (κ3) is 3.16. The van der Waals surface area contributed by atoms with Gasteiger partial charge in [0.2, 0.25) is 0 Å². The fraction of sp³-hybridized carbons (Fsp3) is 0.444. The summed E-state index contributed by atoms with van der Waals surface area (Å²) in [5.41, 5.74) is 2.39. The molecule has 4 rings (SSSR count). The number of rotatable bonds is 4. The number of benzene rings is 1. The molecule has 3 aromatic rings. The molecule has 1 aliphatic rings. The van der Waals surface area contributed by atoms with Crippen molar-refractivity contribution in [2.24, 2.45) is 0 Å². The molecule has 0 aliphatic carbocycles. The van der Waals surface area contributed by atoms with Crippen LogP contribution in [-0.2, 0) is 13.0 Å². The van der Waals surface area contributed by atoms with Gasteiger partial charge in [-0.2, -0.15) is 0 Å². The highest BCUT2D eigenvalue weighted by molar-refractivity contribution is 7.18. The standard InChI is InChI=1S/C18H22N4S/c1-2-17-19-11-14(20-17)12-22-9-7-13(8-10-22)18-21-15-5-3-4-6-16(15)23-18/h3-6,11,13H,2,7-10,12H2,1H3,(H,19,20). The summed E-state index contributed by atoms with van der Waals surface area (Å²) < 4.78 is 1.31. The maximum absolute atomic E-state index is 4.84. The van der Waals surface area contributed by atoms with Crippen molar-refractivity contribution in [1.82, 2.24) is 19.9 Å². The van der Waals surface area contributed by atoms with Crippen molar-refractivity contribution in [3.8, 4) is 0 Å². The van der Waals surface area contributed by atoms with Gasteiger partial charge in [-0.15, -0.1) is 11.3 Å². The van der Waals surface area contributed by atoms with Crippen molar-refractivity contribution in [2.45, 2.75) is 38.6 Å². The summed E-state index contributed by atoms with van der Waals surface area (Å²) in [5.74, 6) is 1.71. The molecule has 0 bridgehead atoms. The number of hydrogen-bond donors (Lipinski definition) is 1. The number of aryl methyl sites for hydroxylation is 1. The molecule has 3 heterocycles. The molecule has 23 heavy (non-hydrogen) atoms. The van der Waals surface area contributed by atoms with Gasteiger partial charge in [0.05, 0.1) is 15.2 Å². The smallest absolute Gasteiger partial charge is 0.105 e. The first-order valence-electron chi connectivity index (χ1n) is 8.42. The molecule has 0 saturated carbocycles. The molecule has 1 fully saturated rings. The lowest BCUT2D eigenvalue weighted by molar-refractivity contribution is 0.202. The summed E-state index contributed by atoms with van der Waals surface area (Å²) in [6, 6.07) is 8.47. The zero-order valence-corrected chi connectivity index (χ0v) is 14.3. The monoisotopic (exact) mass is 326 g/mol. The first-order valence-corrected chi connectivity index (χ1v) is 9.24. The van der Waals surface area contributed by atoms with Gasteiger partial charge in [-0.3, -0.25) is 4.90 Å². The molecule has 4 nitrogen and oxygen atoms in total. The topological polar surface area (TPSA) is 44.8 Å². The molecule has 1 aliphatic heterocycles. The van der Waals surface area contributed by atoms with E-state index in [-0.39, 0.29) is 0 Å². The molecule has 0 spiro atoms. The van der Waals surface area contributed by atoms with Crippen LogP contribution in [0.1, 0.15) is 42.2 Å². The second-order valence-electron chi connectivity index (χ2n) is 6.28. The maximum atomic E-state index is 4.84. The molecule has 1 saturated heterocycles. The average Bonchev–Trinajstić information content (AvgIpc) is 3.21. The van der Waals surface area contributed by atoms with Gasteiger partial charge in [-0.25, -0.2) is 9.97 Å².